The molecule has 3 nitrogen and oxygen atoms in total. The molecule has 0 unspecified atom stereocenters. The summed E-state index contributed by atoms with van der Waals surface area (Å²) in [6.07, 6.45) is 0. The Balaban J connectivity index is 3.05. The maximum Gasteiger partial charge on any atom is 0.387 e. The summed E-state index contributed by atoms with van der Waals surface area (Å²) in [5, 5.41) is 0.421. The zero-order chi connectivity index (χ0) is 10.6. The van der Waals surface area contributed by atoms with Gasteiger partial charge >= 0.3 is 6.61 Å². The lowest BCUT2D eigenvalue weighted by Crippen LogP contribution is -2.12. The van der Waals surface area contributed by atoms with Gasteiger partial charge in [-0.05, 0) is 6.07 Å². The lowest BCUT2D eigenvalue weighted by molar-refractivity contribution is -0.0498. The Labute approximate surface area is 88.3 Å². The number of hydrogen-bond donors (Lipinski definition) is 2. The van der Waals surface area contributed by atoms with Gasteiger partial charge in [0.25, 0.3) is 0 Å². The second kappa shape index (κ2) is 5.11. The number of benzene rings is 1. The summed E-state index contributed by atoms with van der Waals surface area (Å²) in [4.78, 5) is 0. The number of nitrogens with one attached hydrogen (secondary N) is 1. The Morgan fingerprint density at radius 2 is 2.21 bits per heavy atom. The molecule has 0 bridgehead atoms. The van der Waals surface area contributed by atoms with Crippen molar-refractivity contribution in [3.05, 3.63) is 23.8 Å². The van der Waals surface area contributed by atoms with Gasteiger partial charge < -0.3 is 10.2 Å². The maximum absolute atomic E-state index is 12.0. The van der Waals surface area contributed by atoms with Gasteiger partial charge in [0, 0.05) is 10.9 Å². The molecule has 0 amide bonds. The Kier molecular flexibility index (Phi) is 4.09. The van der Waals surface area contributed by atoms with E-state index in [4.69, 9.17) is 5.84 Å². The van der Waals surface area contributed by atoms with Crippen LogP contribution in [0.5, 0.6) is 5.75 Å². The lowest BCUT2D eigenvalue weighted by atomic mass is 10.2. The van der Waals surface area contributed by atoms with Crippen LogP contribution in [0.2, 0.25) is 0 Å². The monoisotopic (exact) mass is 266 g/mol. The van der Waals surface area contributed by atoms with Gasteiger partial charge in [-0.3, -0.25) is 5.84 Å². The van der Waals surface area contributed by atoms with Crippen LogP contribution in [0.3, 0.4) is 0 Å². The summed E-state index contributed by atoms with van der Waals surface area (Å²) < 4.78 is 28.4. The van der Waals surface area contributed by atoms with Crippen molar-refractivity contribution in [2.45, 2.75) is 11.9 Å². The number of halogens is 3. The predicted octanol–water partition coefficient (Wildman–Crippen LogP) is 2.47. The Morgan fingerprint density at radius 3 is 2.71 bits per heavy atom. The largest absolute Gasteiger partial charge is 0.432 e. The molecule has 1 aromatic carbocycles. The van der Waals surface area contributed by atoms with Gasteiger partial charge in [-0.25, -0.2) is 0 Å². The van der Waals surface area contributed by atoms with Crippen LogP contribution in [0.4, 0.5) is 14.5 Å². The second-order valence-electron chi connectivity index (χ2n) is 2.45. The Bertz CT molecular complexity index is 287. The van der Waals surface area contributed by atoms with Crippen molar-refractivity contribution in [3.63, 3.8) is 0 Å². The molecule has 0 atom stereocenters. The molecule has 6 heteroatoms. The SMILES string of the molecule is NNc1cccc(CBr)c1OC(F)F. The van der Waals surface area contributed by atoms with Crippen molar-refractivity contribution in [2.24, 2.45) is 5.84 Å². The third-order valence-corrected chi connectivity index (χ3v) is 2.21. The molecule has 0 saturated heterocycles. The molecule has 0 aromatic heterocycles. The summed E-state index contributed by atoms with van der Waals surface area (Å²) in [5.41, 5.74) is 3.24. The number of rotatable bonds is 4. The van der Waals surface area contributed by atoms with Crippen molar-refractivity contribution < 1.29 is 13.5 Å². The second-order valence-corrected chi connectivity index (χ2v) is 3.01. The van der Waals surface area contributed by atoms with Crippen molar-refractivity contribution in [3.8, 4) is 5.75 Å². The Hall–Kier alpha value is -0.880. The van der Waals surface area contributed by atoms with Crippen LogP contribution in [0.1, 0.15) is 5.56 Å². The van der Waals surface area contributed by atoms with Gasteiger partial charge in [0.05, 0.1) is 5.69 Å². The van der Waals surface area contributed by atoms with E-state index in [9.17, 15) is 8.78 Å². The van der Waals surface area contributed by atoms with E-state index >= 15 is 0 Å². The van der Waals surface area contributed by atoms with Crippen LogP contribution in [0.15, 0.2) is 18.2 Å². The first-order chi connectivity index (χ1) is 6.69. The molecule has 1 rings (SSSR count). The molecule has 14 heavy (non-hydrogen) atoms. The predicted molar refractivity (Wildman–Crippen MR) is 53.5 cm³/mol. The van der Waals surface area contributed by atoms with E-state index in [1.165, 1.54) is 0 Å². The number of hydrazine groups is 1. The molecular formula is C8H9BrF2N2O. The molecule has 0 aliphatic rings. The number of para-hydroxylation sites is 1. The fraction of sp³-hybridized carbons (Fsp3) is 0.250. The van der Waals surface area contributed by atoms with Gasteiger partial charge in [-0.15, -0.1) is 0 Å². The third-order valence-electron chi connectivity index (χ3n) is 1.60. The van der Waals surface area contributed by atoms with Crippen LogP contribution in [0.25, 0.3) is 0 Å². The van der Waals surface area contributed by atoms with Crippen LogP contribution >= 0.6 is 15.9 Å². The molecule has 0 aliphatic heterocycles. The van der Waals surface area contributed by atoms with Gasteiger partial charge in [-0.2, -0.15) is 8.78 Å². The zero-order valence-corrected chi connectivity index (χ0v) is 8.72. The van der Waals surface area contributed by atoms with Crippen LogP contribution in [-0.2, 0) is 5.33 Å². The maximum atomic E-state index is 12.0. The molecule has 0 aliphatic carbocycles. The molecule has 0 radical (unpaired) electrons. The summed E-state index contributed by atoms with van der Waals surface area (Å²) in [6, 6.07) is 4.93. The van der Waals surface area contributed by atoms with Crippen molar-refractivity contribution in [1.29, 1.82) is 0 Å². The van der Waals surface area contributed by atoms with E-state index in [0.717, 1.165) is 0 Å². The molecular weight excluding hydrogens is 258 g/mol. The topological polar surface area (TPSA) is 47.3 Å². The molecule has 0 spiro atoms. The minimum Gasteiger partial charge on any atom is -0.432 e. The number of alkyl halides is 3. The number of ether oxygens (including phenoxy) is 1. The molecule has 0 saturated carbocycles. The van der Waals surface area contributed by atoms with E-state index in [2.05, 4.69) is 26.1 Å². The summed E-state index contributed by atoms with van der Waals surface area (Å²) >= 11 is 3.17. The first kappa shape index (κ1) is 11.2. The van der Waals surface area contributed by atoms with Crippen LogP contribution in [-0.4, -0.2) is 6.61 Å². The molecule has 78 valence electrons. The molecule has 0 fully saturated rings. The van der Waals surface area contributed by atoms with E-state index in [1.807, 2.05) is 0 Å². The zero-order valence-electron chi connectivity index (χ0n) is 7.14. The first-order valence-electron chi connectivity index (χ1n) is 3.78. The van der Waals surface area contributed by atoms with E-state index in [0.29, 0.717) is 16.6 Å². The highest BCUT2D eigenvalue weighted by Crippen LogP contribution is 2.31. The van der Waals surface area contributed by atoms with Crippen LogP contribution in [0, 0.1) is 0 Å². The minimum atomic E-state index is -2.86. The highest BCUT2D eigenvalue weighted by molar-refractivity contribution is 9.08. The first-order valence-corrected chi connectivity index (χ1v) is 4.90. The minimum absolute atomic E-state index is 0.0712. The van der Waals surface area contributed by atoms with Crippen molar-refractivity contribution >= 4 is 21.6 Å². The van der Waals surface area contributed by atoms with Gasteiger partial charge in [-0.1, -0.05) is 28.1 Å². The van der Waals surface area contributed by atoms with Crippen LogP contribution < -0.4 is 16.0 Å². The van der Waals surface area contributed by atoms with Gasteiger partial charge in [0.2, 0.25) is 0 Å². The third kappa shape index (κ3) is 2.55. The standard InChI is InChI=1S/C8H9BrF2N2O/c9-4-5-2-1-3-6(13-12)7(5)14-8(10)11/h1-3,8,13H,4,12H2. The summed E-state index contributed by atoms with van der Waals surface area (Å²) in [6.45, 7) is -2.86. The Morgan fingerprint density at radius 1 is 1.50 bits per heavy atom. The number of nitrogen functional groups attached to an aromatic ring is 1. The number of hydrogen-bond acceptors (Lipinski definition) is 3. The molecule has 3 N–H and O–H groups in total. The quantitative estimate of drug-likeness (QED) is 0.500. The normalized spacial score (nSPS) is 10.4. The lowest BCUT2D eigenvalue weighted by Gasteiger charge is -2.13. The highest BCUT2D eigenvalue weighted by Gasteiger charge is 2.12. The average Bonchev–Trinajstić information content (AvgIpc) is 2.17. The molecule has 1 aromatic rings. The number of anilines is 1. The number of nitrogens with two attached hydrogens (primary N) is 1. The molecule has 0 heterocycles. The van der Waals surface area contributed by atoms with E-state index in [-0.39, 0.29) is 5.75 Å². The van der Waals surface area contributed by atoms with Crippen molar-refractivity contribution in [1.82, 2.24) is 0 Å². The van der Waals surface area contributed by atoms with Gasteiger partial charge in [0.15, 0.2) is 5.75 Å². The fourth-order valence-electron chi connectivity index (χ4n) is 1.03. The average molecular weight is 267 g/mol. The van der Waals surface area contributed by atoms with Crippen molar-refractivity contribution in [2.75, 3.05) is 5.43 Å². The summed E-state index contributed by atoms with van der Waals surface area (Å²) in [5.74, 6) is 5.23. The highest BCUT2D eigenvalue weighted by atomic mass is 79.9. The van der Waals surface area contributed by atoms with E-state index < -0.39 is 6.61 Å². The van der Waals surface area contributed by atoms with Gasteiger partial charge in [0.1, 0.15) is 0 Å². The smallest absolute Gasteiger partial charge is 0.387 e. The summed E-state index contributed by atoms with van der Waals surface area (Å²) in [7, 11) is 0. The fourth-order valence-corrected chi connectivity index (χ4v) is 1.47. The van der Waals surface area contributed by atoms with E-state index in [1.54, 1.807) is 18.2 Å².